The predicted octanol–water partition coefficient (Wildman–Crippen LogP) is 0.999. The number of pyridine rings is 1. The third-order valence-corrected chi connectivity index (χ3v) is 5.69. The summed E-state index contributed by atoms with van der Waals surface area (Å²) in [5, 5.41) is 12.2. The summed E-state index contributed by atoms with van der Waals surface area (Å²) in [6.45, 7) is 0.301. The molecule has 2 N–H and O–H groups in total. The summed E-state index contributed by atoms with van der Waals surface area (Å²) in [6.07, 6.45) is 3.50. The molecule has 0 amide bonds. The summed E-state index contributed by atoms with van der Waals surface area (Å²) in [6, 6.07) is 3.00. The van der Waals surface area contributed by atoms with E-state index in [0.717, 1.165) is 10.7 Å². The van der Waals surface area contributed by atoms with Gasteiger partial charge in [-0.3, -0.25) is 4.79 Å². The molecule has 0 atom stereocenters. The van der Waals surface area contributed by atoms with Crippen molar-refractivity contribution in [3.05, 3.63) is 18.3 Å². The Balaban J connectivity index is 2.05. The highest BCUT2D eigenvalue weighted by Crippen LogP contribution is 2.41. The lowest BCUT2D eigenvalue weighted by molar-refractivity contribution is -0.153. The third kappa shape index (κ3) is 3.01. The molecule has 1 fully saturated rings. The van der Waals surface area contributed by atoms with E-state index in [1.165, 1.54) is 26.4 Å². The van der Waals surface area contributed by atoms with Gasteiger partial charge in [0.25, 0.3) is 0 Å². The van der Waals surface area contributed by atoms with Gasteiger partial charge >= 0.3 is 5.97 Å². The lowest BCUT2D eigenvalue weighted by Gasteiger charge is -2.37. The van der Waals surface area contributed by atoms with Crippen molar-refractivity contribution in [2.45, 2.75) is 24.2 Å². The Kier molecular flexibility index (Phi) is 4.20. The van der Waals surface area contributed by atoms with Crippen LogP contribution < -0.4 is 5.32 Å². The number of aromatic nitrogens is 1. The fourth-order valence-corrected chi connectivity index (χ4v) is 3.03. The number of rotatable bonds is 6. The number of nitrogens with zero attached hydrogens (tertiary/aromatic N) is 2. The number of sulfonamides is 1. The van der Waals surface area contributed by atoms with Gasteiger partial charge in [0, 0.05) is 26.8 Å². The second-order valence-electron chi connectivity index (χ2n) is 5.46. The topological polar surface area (TPSA) is 99.6 Å². The van der Waals surface area contributed by atoms with E-state index < -0.39 is 21.4 Å². The molecule has 116 valence electrons. The van der Waals surface area contributed by atoms with Crippen LogP contribution in [0.1, 0.15) is 19.3 Å². The quantitative estimate of drug-likeness (QED) is 0.813. The summed E-state index contributed by atoms with van der Waals surface area (Å²) in [7, 11) is -0.589. The molecule has 1 aliphatic carbocycles. The molecule has 1 aromatic heterocycles. The molecule has 0 radical (unpaired) electrons. The molecule has 8 heteroatoms. The molecule has 1 saturated carbocycles. The molecule has 0 aliphatic heterocycles. The first kappa shape index (κ1) is 15.7. The van der Waals surface area contributed by atoms with Gasteiger partial charge in [-0.05, 0) is 25.0 Å². The van der Waals surface area contributed by atoms with Crippen LogP contribution in [0.4, 0.5) is 5.82 Å². The van der Waals surface area contributed by atoms with Crippen molar-refractivity contribution in [1.82, 2.24) is 9.29 Å². The zero-order chi connectivity index (χ0) is 15.7. The van der Waals surface area contributed by atoms with E-state index in [1.54, 1.807) is 6.07 Å². The van der Waals surface area contributed by atoms with Crippen molar-refractivity contribution in [2.75, 3.05) is 26.0 Å². The first-order valence-electron chi connectivity index (χ1n) is 6.64. The van der Waals surface area contributed by atoms with Gasteiger partial charge in [-0.15, -0.1) is 0 Å². The highest BCUT2D eigenvalue weighted by Gasteiger charge is 2.44. The highest BCUT2D eigenvalue weighted by atomic mass is 32.2. The average molecular weight is 313 g/mol. The predicted molar refractivity (Wildman–Crippen MR) is 77.5 cm³/mol. The maximum absolute atomic E-state index is 11.9. The van der Waals surface area contributed by atoms with E-state index in [4.69, 9.17) is 0 Å². The molecule has 21 heavy (non-hydrogen) atoms. The summed E-state index contributed by atoms with van der Waals surface area (Å²) in [5.41, 5.74) is -0.712. The molecule has 0 unspecified atom stereocenters. The van der Waals surface area contributed by atoms with Gasteiger partial charge in [0.15, 0.2) is 0 Å². The minimum absolute atomic E-state index is 0.106. The fraction of sp³-hybridized carbons (Fsp3) is 0.538. The van der Waals surface area contributed by atoms with Crippen molar-refractivity contribution >= 4 is 21.8 Å². The van der Waals surface area contributed by atoms with Crippen LogP contribution in [0.25, 0.3) is 0 Å². The van der Waals surface area contributed by atoms with Gasteiger partial charge in [0.05, 0.1) is 5.41 Å². The van der Waals surface area contributed by atoms with Crippen LogP contribution in [0.15, 0.2) is 23.2 Å². The normalized spacial score (nSPS) is 17.3. The lowest BCUT2D eigenvalue weighted by Crippen LogP contribution is -2.43. The molecule has 1 aliphatic rings. The number of anilines is 1. The van der Waals surface area contributed by atoms with Crippen molar-refractivity contribution in [1.29, 1.82) is 0 Å². The highest BCUT2D eigenvalue weighted by molar-refractivity contribution is 7.89. The number of hydrogen-bond acceptors (Lipinski definition) is 5. The second-order valence-corrected chi connectivity index (χ2v) is 7.61. The van der Waals surface area contributed by atoms with Crippen LogP contribution in [-0.4, -0.2) is 49.4 Å². The molecule has 0 saturated heterocycles. The first-order chi connectivity index (χ1) is 9.78. The maximum atomic E-state index is 11.9. The molecule has 0 spiro atoms. The smallest absolute Gasteiger partial charge is 0.311 e. The van der Waals surface area contributed by atoms with Crippen LogP contribution in [0.5, 0.6) is 0 Å². The molecule has 2 rings (SSSR count). The zero-order valence-electron chi connectivity index (χ0n) is 12.0. The Hall–Kier alpha value is -1.67. The molecule has 1 heterocycles. The standard InChI is InChI=1S/C13H19N3O4S/c1-16(2)21(19,20)10-4-5-11(14-8-10)15-9-13(12(17)18)6-3-7-13/h4-5,8H,3,6-7,9H2,1-2H3,(H,14,15)(H,17,18). The van der Waals surface area contributed by atoms with Crippen molar-refractivity contribution < 1.29 is 18.3 Å². The number of hydrogen-bond donors (Lipinski definition) is 2. The monoisotopic (exact) mass is 313 g/mol. The fourth-order valence-electron chi connectivity index (χ4n) is 2.18. The van der Waals surface area contributed by atoms with Crippen molar-refractivity contribution in [3.63, 3.8) is 0 Å². The molecular weight excluding hydrogens is 294 g/mol. The Morgan fingerprint density at radius 1 is 1.43 bits per heavy atom. The number of carbonyl (C=O) groups is 1. The summed E-state index contributed by atoms with van der Waals surface area (Å²) in [4.78, 5) is 15.4. The largest absolute Gasteiger partial charge is 0.481 e. The van der Waals surface area contributed by atoms with E-state index in [0.29, 0.717) is 25.2 Å². The lowest BCUT2D eigenvalue weighted by atomic mass is 9.69. The summed E-state index contributed by atoms with van der Waals surface area (Å²) >= 11 is 0. The maximum Gasteiger partial charge on any atom is 0.311 e. The van der Waals surface area contributed by atoms with E-state index in [-0.39, 0.29) is 4.90 Å². The summed E-state index contributed by atoms with van der Waals surface area (Å²) < 4.78 is 24.9. The van der Waals surface area contributed by atoms with Crippen molar-refractivity contribution in [3.8, 4) is 0 Å². The van der Waals surface area contributed by atoms with E-state index in [9.17, 15) is 18.3 Å². The Morgan fingerprint density at radius 2 is 2.10 bits per heavy atom. The minimum Gasteiger partial charge on any atom is -0.481 e. The van der Waals surface area contributed by atoms with Gasteiger partial charge in [-0.1, -0.05) is 6.42 Å². The van der Waals surface area contributed by atoms with E-state index in [1.807, 2.05) is 0 Å². The molecular formula is C13H19N3O4S. The van der Waals surface area contributed by atoms with Crippen LogP contribution >= 0.6 is 0 Å². The Labute approximate surface area is 124 Å². The van der Waals surface area contributed by atoms with Crippen LogP contribution in [0.2, 0.25) is 0 Å². The van der Waals surface area contributed by atoms with E-state index in [2.05, 4.69) is 10.3 Å². The van der Waals surface area contributed by atoms with Gasteiger partial charge < -0.3 is 10.4 Å². The first-order valence-corrected chi connectivity index (χ1v) is 8.08. The van der Waals surface area contributed by atoms with Gasteiger partial charge in [0.2, 0.25) is 10.0 Å². The number of carboxylic acids is 1. The third-order valence-electron chi connectivity index (χ3n) is 3.89. The number of carboxylic acid groups (broad SMARTS) is 1. The van der Waals surface area contributed by atoms with Gasteiger partial charge in [-0.2, -0.15) is 0 Å². The van der Waals surface area contributed by atoms with Crippen LogP contribution in [0, 0.1) is 5.41 Å². The number of nitrogens with one attached hydrogen (secondary N) is 1. The molecule has 0 aromatic carbocycles. The number of aliphatic carboxylic acids is 1. The van der Waals surface area contributed by atoms with E-state index >= 15 is 0 Å². The SMILES string of the molecule is CN(C)S(=O)(=O)c1ccc(NCC2(C(=O)O)CCC2)nc1. The molecule has 0 bridgehead atoms. The van der Waals surface area contributed by atoms with Crippen LogP contribution in [0.3, 0.4) is 0 Å². The molecule has 1 aromatic rings. The van der Waals surface area contributed by atoms with Crippen LogP contribution in [-0.2, 0) is 14.8 Å². The minimum atomic E-state index is -3.49. The van der Waals surface area contributed by atoms with Crippen molar-refractivity contribution in [2.24, 2.45) is 5.41 Å². The second kappa shape index (κ2) is 5.61. The Bertz CT molecular complexity index is 621. The Morgan fingerprint density at radius 3 is 2.48 bits per heavy atom. The van der Waals surface area contributed by atoms with Gasteiger partial charge in [-0.25, -0.2) is 17.7 Å². The summed E-state index contributed by atoms with van der Waals surface area (Å²) in [5.74, 6) is -0.326. The molecule has 7 nitrogen and oxygen atoms in total. The van der Waals surface area contributed by atoms with Gasteiger partial charge in [0.1, 0.15) is 10.7 Å². The average Bonchev–Trinajstić information content (AvgIpc) is 2.37. The zero-order valence-corrected chi connectivity index (χ0v) is 12.9.